The summed E-state index contributed by atoms with van der Waals surface area (Å²) in [5.41, 5.74) is 3.64. The van der Waals surface area contributed by atoms with Crippen LogP contribution in [0.5, 0.6) is 5.75 Å². The summed E-state index contributed by atoms with van der Waals surface area (Å²) in [6, 6.07) is 16.2. The van der Waals surface area contributed by atoms with Crippen LogP contribution in [-0.2, 0) is 0 Å². The standard InChI is InChI=1S/C28H33N7O2/c1-19-8-7-9-20-18-22(28(36)29-25(19)20)26(27-30-31-32-35(27)21-10-3-4-11-21)34-16-14-33(15-17-34)23-12-5-6-13-24(23)37-2/h5-9,12-13,18,21,26H,3-4,10-11,14-17H2,1-2H3,(H,29,36)/t26-/m1/s1. The fraction of sp³-hybridized carbons (Fsp3) is 0.429. The van der Waals surface area contributed by atoms with Crippen LogP contribution in [0.4, 0.5) is 5.69 Å². The van der Waals surface area contributed by atoms with Gasteiger partial charge in [-0.05, 0) is 59.3 Å². The summed E-state index contributed by atoms with van der Waals surface area (Å²) in [6.45, 7) is 5.18. The number of anilines is 1. The minimum atomic E-state index is -0.330. The Kier molecular flexibility index (Phi) is 6.38. The van der Waals surface area contributed by atoms with E-state index in [0.717, 1.165) is 72.7 Å². The molecular formula is C28H33N7O2. The lowest BCUT2D eigenvalue weighted by Crippen LogP contribution is -2.49. The number of hydrogen-bond donors (Lipinski definition) is 1. The molecule has 0 spiro atoms. The number of piperazine rings is 1. The lowest BCUT2D eigenvalue weighted by atomic mass is 10.0. The van der Waals surface area contributed by atoms with Crippen molar-refractivity contribution in [2.24, 2.45) is 0 Å². The molecule has 1 saturated heterocycles. The summed E-state index contributed by atoms with van der Waals surface area (Å²) >= 11 is 0. The molecule has 9 nitrogen and oxygen atoms in total. The molecule has 1 saturated carbocycles. The topological polar surface area (TPSA) is 92.2 Å². The number of tetrazole rings is 1. The third-order valence-electron chi connectivity index (χ3n) is 7.95. The second-order valence-electron chi connectivity index (χ2n) is 10.1. The number of aryl methyl sites for hydroxylation is 1. The molecule has 0 bridgehead atoms. The van der Waals surface area contributed by atoms with Gasteiger partial charge in [0.05, 0.1) is 24.4 Å². The number of aromatic amines is 1. The minimum Gasteiger partial charge on any atom is -0.495 e. The van der Waals surface area contributed by atoms with Gasteiger partial charge in [0.15, 0.2) is 5.82 Å². The zero-order valence-electron chi connectivity index (χ0n) is 21.4. The maximum Gasteiger partial charge on any atom is 0.253 e. The number of para-hydroxylation sites is 3. The van der Waals surface area contributed by atoms with Crippen molar-refractivity contribution in [3.05, 3.63) is 75.8 Å². The smallest absolute Gasteiger partial charge is 0.253 e. The summed E-state index contributed by atoms with van der Waals surface area (Å²) in [6.07, 6.45) is 4.50. The van der Waals surface area contributed by atoms with E-state index < -0.39 is 0 Å². The average Bonchev–Trinajstić information content (AvgIpc) is 3.63. The SMILES string of the molecule is COc1ccccc1N1CCN([C@H](c2cc3cccc(C)c3[nH]c2=O)c2nnnn2C2CCCC2)CC1. The first kappa shape index (κ1) is 23.7. The predicted octanol–water partition coefficient (Wildman–Crippen LogP) is 3.86. The fourth-order valence-electron chi connectivity index (χ4n) is 6.00. The molecule has 2 aromatic heterocycles. The van der Waals surface area contributed by atoms with E-state index in [1.54, 1.807) is 7.11 Å². The van der Waals surface area contributed by atoms with Crippen molar-refractivity contribution in [2.45, 2.75) is 44.7 Å². The maximum absolute atomic E-state index is 13.6. The number of benzene rings is 2. The van der Waals surface area contributed by atoms with E-state index >= 15 is 0 Å². The molecule has 2 aromatic carbocycles. The first-order valence-electron chi connectivity index (χ1n) is 13.2. The van der Waals surface area contributed by atoms with Gasteiger partial charge in [-0.3, -0.25) is 9.69 Å². The number of ether oxygens (including phenoxy) is 1. The number of hydrogen-bond acceptors (Lipinski definition) is 7. The maximum atomic E-state index is 13.6. The van der Waals surface area contributed by atoms with Crippen LogP contribution < -0.4 is 15.2 Å². The molecular weight excluding hydrogens is 466 g/mol. The number of methoxy groups -OCH3 is 1. The highest BCUT2D eigenvalue weighted by atomic mass is 16.5. The highest BCUT2D eigenvalue weighted by Gasteiger charge is 2.35. The molecule has 37 heavy (non-hydrogen) atoms. The van der Waals surface area contributed by atoms with Gasteiger partial charge in [-0.2, -0.15) is 0 Å². The summed E-state index contributed by atoms with van der Waals surface area (Å²) < 4.78 is 7.60. The molecule has 0 amide bonds. The third-order valence-corrected chi connectivity index (χ3v) is 7.95. The van der Waals surface area contributed by atoms with E-state index in [4.69, 9.17) is 4.74 Å². The number of pyridine rings is 1. The van der Waals surface area contributed by atoms with Crippen LogP contribution in [0.25, 0.3) is 10.9 Å². The Bertz CT molecular complexity index is 1450. The Morgan fingerprint density at radius 2 is 1.81 bits per heavy atom. The van der Waals surface area contributed by atoms with E-state index in [9.17, 15) is 4.79 Å². The predicted molar refractivity (Wildman–Crippen MR) is 143 cm³/mol. The zero-order valence-corrected chi connectivity index (χ0v) is 21.4. The molecule has 2 aliphatic rings. The molecule has 192 valence electrons. The van der Waals surface area contributed by atoms with Gasteiger partial charge in [0, 0.05) is 31.7 Å². The number of H-pyrrole nitrogens is 1. The van der Waals surface area contributed by atoms with Crippen LogP contribution in [0.3, 0.4) is 0 Å². The Hall–Kier alpha value is -3.72. The molecule has 1 atom stereocenters. The molecule has 1 aliphatic heterocycles. The van der Waals surface area contributed by atoms with E-state index in [-0.39, 0.29) is 17.6 Å². The lowest BCUT2D eigenvalue weighted by molar-refractivity contribution is 0.196. The minimum absolute atomic E-state index is 0.0834. The number of rotatable bonds is 6. The van der Waals surface area contributed by atoms with Crippen LogP contribution in [0.2, 0.25) is 0 Å². The van der Waals surface area contributed by atoms with Crippen molar-refractivity contribution >= 4 is 16.6 Å². The summed E-state index contributed by atoms with van der Waals surface area (Å²) in [5, 5.41) is 14.1. The van der Waals surface area contributed by atoms with Gasteiger partial charge in [-0.15, -0.1) is 5.10 Å². The first-order valence-corrected chi connectivity index (χ1v) is 13.2. The fourth-order valence-corrected chi connectivity index (χ4v) is 6.00. The van der Waals surface area contributed by atoms with Gasteiger partial charge in [0.1, 0.15) is 11.8 Å². The van der Waals surface area contributed by atoms with Crippen LogP contribution >= 0.6 is 0 Å². The molecule has 6 rings (SSSR count). The van der Waals surface area contributed by atoms with Crippen LogP contribution in [0.1, 0.15) is 54.7 Å². The number of fused-ring (bicyclic) bond motifs is 1. The van der Waals surface area contributed by atoms with Crippen molar-refractivity contribution in [3.63, 3.8) is 0 Å². The van der Waals surface area contributed by atoms with Crippen LogP contribution in [-0.4, -0.2) is 63.4 Å². The summed E-state index contributed by atoms with van der Waals surface area (Å²) in [4.78, 5) is 21.4. The Morgan fingerprint density at radius 3 is 2.59 bits per heavy atom. The molecule has 1 N–H and O–H groups in total. The monoisotopic (exact) mass is 499 g/mol. The molecule has 1 aliphatic carbocycles. The van der Waals surface area contributed by atoms with Gasteiger partial charge in [-0.25, -0.2) is 4.68 Å². The van der Waals surface area contributed by atoms with Gasteiger partial charge >= 0.3 is 0 Å². The van der Waals surface area contributed by atoms with E-state index in [0.29, 0.717) is 5.56 Å². The van der Waals surface area contributed by atoms with E-state index in [1.807, 2.05) is 48.0 Å². The largest absolute Gasteiger partial charge is 0.495 e. The number of aromatic nitrogens is 5. The molecule has 3 heterocycles. The zero-order chi connectivity index (χ0) is 25.4. The number of nitrogens with one attached hydrogen (secondary N) is 1. The summed E-state index contributed by atoms with van der Waals surface area (Å²) in [5.74, 6) is 1.63. The first-order chi connectivity index (χ1) is 18.1. The third kappa shape index (κ3) is 4.37. The molecule has 9 heteroatoms. The highest BCUT2D eigenvalue weighted by molar-refractivity contribution is 5.82. The number of nitrogens with zero attached hydrogens (tertiary/aromatic N) is 6. The quantitative estimate of drug-likeness (QED) is 0.431. The Balaban J connectivity index is 1.39. The van der Waals surface area contributed by atoms with Gasteiger partial charge in [0.25, 0.3) is 5.56 Å². The van der Waals surface area contributed by atoms with Crippen molar-refractivity contribution in [3.8, 4) is 5.75 Å². The average molecular weight is 500 g/mol. The van der Waals surface area contributed by atoms with Crippen molar-refractivity contribution in [1.29, 1.82) is 0 Å². The molecule has 4 aromatic rings. The summed E-state index contributed by atoms with van der Waals surface area (Å²) in [7, 11) is 1.71. The second-order valence-corrected chi connectivity index (χ2v) is 10.1. The van der Waals surface area contributed by atoms with E-state index in [1.165, 1.54) is 12.8 Å². The van der Waals surface area contributed by atoms with Crippen molar-refractivity contribution in [2.75, 3.05) is 38.2 Å². The second kappa shape index (κ2) is 9.97. The van der Waals surface area contributed by atoms with Crippen molar-refractivity contribution < 1.29 is 4.74 Å². The van der Waals surface area contributed by atoms with Crippen molar-refractivity contribution in [1.82, 2.24) is 30.1 Å². The van der Waals surface area contributed by atoms with Gasteiger partial charge < -0.3 is 14.6 Å². The van der Waals surface area contributed by atoms with Crippen LogP contribution in [0.15, 0.2) is 53.3 Å². The lowest BCUT2D eigenvalue weighted by Gasteiger charge is -2.40. The molecule has 0 radical (unpaired) electrons. The highest BCUT2D eigenvalue weighted by Crippen LogP contribution is 2.35. The van der Waals surface area contributed by atoms with Gasteiger partial charge in [0.2, 0.25) is 0 Å². The normalized spacial score (nSPS) is 17.9. The Morgan fingerprint density at radius 1 is 1.03 bits per heavy atom. The van der Waals surface area contributed by atoms with Crippen LogP contribution in [0, 0.1) is 6.92 Å². The molecule has 2 fully saturated rings. The van der Waals surface area contributed by atoms with Gasteiger partial charge in [-0.1, -0.05) is 43.2 Å². The Labute approximate surface area is 216 Å². The van der Waals surface area contributed by atoms with E-state index in [2.05, 4.69) is 42.4 Å². The molecule has 0 unspecified atom stereocenters.